The van der Waals surface area contributed by atoms with E-state index in [2.05, 4.69) is 0 Å². The molecule has 0 fully saturated rings. The summed E-state index contributed by atoms with van der Waals surface area (Å²) in [4.78, 5) is 33.8. The summed E-state index contributed by atoms with van der Waals surface area (Å²) in [6.45, 7) is 4.35. The quantitative estimate of drug-likeness (QED) is 0.142. The van der Waals surface area contributed by atoms with Crippen molar-refractivity contribution in [1.29, 1.82) is 0 Å². The van der Waals surface area contributed by atoms with Crippen molar-refractivity contribution in [1.82, 2.24) is 0 Å². The maximum Gasteiger partial charge on any atom is 0.367 e. The van der Waals surface area contributed by atoms with Crippen molar-refractivity contribution in [2.75, 3.05) is 6.61 Å². The lowest BCUT2D eigenvalue weighted by atomic mass is 9.90. The first-order chi connectivity index (χ1) is 22.4. The number of ether oxygens (including phenoxy) is 4. The van der Waals surface area contributed by atoms with E-state index in [9.17, 15) is 29.7 Å². The van der Waals surface area contributed by atoms with Crippen LogP contribution in [0.1, 0.15) is 37.8 Å². The molecule has 1 atom stereocenters. The Labute approximate surface area is 281 Å². The summed E-state index contributed by atoms with van der Waals surface area (Å²) < 4.78 is 26.7. The molecule has 2 heterocycles. The maximum atomic E-state index is 11.5. The van der Waals surface area contributed by atoms with Crippen molar-refractivity contribution in [2.24, 2.45) is 0 Å². The number of hydrogen-bond acceptors (Lipinski definition) is 10. The molecule has 48 heavy (non-hydrogen) atoms. The number of rotatable bonds is 5. The van der Waals surface area contributed by atoms with Crippen molar-refractivity contribution in [3.63, 3.8) is 0 Å². The highest BCUT2D eigenvalue weighted by Gasteiger charge is 2.27. The number of hydrogen-bond donors (Lipinski definition) is 3. The minimum Gasteiger partial charge on any atom is -1.00 e. The van der Waals surface area contributed by atoms with E-state index in [1.165, 1.54) is 45.2 Å². The lowest BCUT2D eigenvalue weighted by Gasteiger charge is -2.27. The molecule has 0 saturated heterocycles. The fourth-order valence-electron chi connectivity index (χ4n) is 5.04. The van der Waals surface area contributed by atoms with Crippen LogP contribution in [0.5, 0.6) is 40.2 Å². The molecule has 1 aliphatic rings. The molecule has 1 aliphatic heterocycles. The standard InChI is InChI=1S/C21H20O7.C15H10O4.ClH/c1-12(22)26-17-6-4-15(5-7-17)16-8-19-20(25-11-16)9-18(27-13(2)23)10-21(19)28-14(3)24;16-11-3-1-9(2-4-11)10-5-13-14(18)6-12(17)7-15(13)19-8-10;/h4-7,9-10,16H,8,11H2,1-3H3;1-8H,(H2-,16,17,18);1H. The Bertz CT molecular complexity index is 1950. The molecule has 12 heteroatoms. The number of phenols is 3. The van der Waals surface area contributed by atoms with Crippen LogP contribution in [-0.4, -0.2) is 39.8 Å². The first-order valence-electron chi connectivity index (χ1n) is 14.5. The molecule has 3 N–H and O–H groups in total. The summed E-state index contributed by atoms with van der Waals surface area (Å²) in [5, 5.41) is 29.0. The molecule has 0 radical (unpaired) electrons. The van der Waals surface area contributed by atoms with E-state index in [1.807, 2.05) is 12.1 Å². The zero-order valence-corrected chi connectivity index (χ0v) is 26.8. The highest BCUT2D eigenvalue weighted by atomic mass is 35.5. The van der Waals surface area contributed by atoms with Crippen LogP contribution in [0, 0.1) is 0 Å². The van der Waals surface area contributed by atoms with Gasteiger partial charge in [-0.05, 0) is 47.9 Å². The van der Waals surface area contributed by atoms with Crippen LogP contribution >= 0.6 is 0 Å². The lowest BCUT2D eigenvalue weighted by molar-refractivity contribution is -0.133. The number of carbonyl (C=O) groups excluding carboxylic acids is 3. The van der Waals surface area contributed by atoms with Gasteiger partial charge in [0, 0.05) is 50.5 Å². The van der Waals surface area contributed by atoms with E-state index in [-0.39, 0.29) is 47.3 Å². The molecule has 248 valence electrons. The number of phenolic OH excluding ortho intramolecular Hbond substituents is 3. The van der Waals surface area contributed by atoms with Crippen LogP contribution in [0.3, 0.4) is 0 Å². The predicted octanol–water partition coefficient (Wildman–Crippen LogP) is 3.68. The number of benzene rings is 4. The molecule has 0 spiro atoms. The number of carbonyl (C=O) groups is 3. The Morgan fingerprint density at radius 2 is 1.38 bits per heavy atom. The van der Waals surface area contributed by atoms with Gasteiger partial charge in [-0.2, -0.15) is 0 Å². The molecular formula is C36H31ClO11. The number of aromatic hydroxyl groups is 3. The van der Waals surface area contributed by atoms with Crippen molar-refractivity contribution >= 4 is 28.9 Å². The van der Waals surface area contributed by atoms with Gasteiger partial charge in [-0.3, -0.25) is 14.4 Å². The minimum absolute atomic E-state index is 0. The third-order valence-corrected chi connectivity index (χ3v) is 7.08. The molecule has 0 aliphatic carbocycles. The second-order valence-electron chi connectivity index (χ2n) is 10.7. The summed E-state index contributed by atoms with van der Waals surface area (Å²) in [5.74, 6) is 0.340. The predicted molar refractivity (Wildman–Crippen MR) is 170 cm³/mol. The van der Waals surface area contributed by atoms with Gasteiger partial charge in [0.1, 0.15) is 45.6 Å². The summed E-state index contributed by atoms with van der Waals surface area (Å²) >= 11 is 0. The van der Waals surface area contributed by atoms with Crippen molar-refractivity contribution in [3.8, 4) is 51.4 Å². The van der Waals surface area contributed by atoms with Gasteiger partial charge in [0.05, 0.1) is 18.2 Å². The Kier molecular flexibility index (Phi) is 11.1. The van der Waals surface area contributed by atoms with Gasteiger partial charge < -0.3 is 46.7 Å². The lowest BCUT2D eigenvalue weighted by Crippen LogP contribution is -3.00. The topological polar surface area (TPSA) is 160 Å². The van der Waals surface area contributed by atoms with Gasteiger partial charge in [0.25, 0.3) is 0 Å². The maximum absolute atomic E-state index is 11.5. The van der Waals surface area contributed by atoms with E-state index < -0.39 is 11.9 Å². The van der Waals surface area contributed by atoms with Crippen LogP contribution in [0.4, 0.5) is 0 Å². The fraction of sp³-hybridized carbons (Fsp3) is 0.167. The molecule has 0 saturated carbocycles. The Hall–Kier alpha value is -5.81. The molecule has 0 amide bonds. The smallest absolute Gasteiger partial charge is 0.367 e. The number of fused-ring (bicyclic) bond motifs is 2. The molecule has 1 aromatic heterocycles. The minimum atomic E-state index is -0.477. The van der Waals surface area contributed by atoms with Crippen LogP contribution in [0.2, 0.25) is 0 Å². The summed E-state index contributed by atoms with van der Waals surface area (Å²) in [5.41, 5.74) is 3.76. The van der Waals surface area contributed by atoms with Crippen LogP contribution in [0.15, 0.2) is 89.5 Å². The third-order valence-electron chi connectivity index (χ3n) is 7.08. The summed E-state index contributed by atoms with van der Waals surface area (Å²) in [6.07, 6.45) is 2.11. The SMILES string of the molecule is CC(=O)Oc1ccc(C2COc3cc(OC(C)=O)cc(OC(C)=O)c3C2)cc1.Oc1ccc(-c2c[o+]c3cc(O)cc(O)c3c2)cc1.[Cl-]. The molecule has 0 bridgehead atoms. The number of halogens is 1. The van der Waals surface area contributed by atoms with Crippen molar-refractivity contribution < 1.29 is 65.5 Å². The monoisotopic (exact) mass is 674 g/mol. The summed E-state index contributed by atoms with van der Waals surface area (Å²) in [7, 11) is 0. The van der Waals surface area contributed by atoms with E-state index >= 15 is 0 Å². The highest BCUT2D eigenvalue weighted by molar-refractivity contribution is 5.88. The Morgan fingerprint density at radius 1 is 0.729 bits per heavy atom. The molecule has 4 aromatic carbocycles. The molecule has 5 aromatic rings. The van der Waals surface area contributed by atoms with E-state index in [0.29, 0.717) is 41.2 Å². The van der Waals surface area contributed by atoms with Crippen molar-refractivity contribution in [2.45, 2.75) is 33.1 Å². The molecule has 6 rings (SSSR count). The van der Waals surface area contributed by atoms with Crippen molar-refractivity contribution in [3.05, 3.63) is 96.3 Å². The average Bonchev–Trinajstić information content (AvgIpc) is 3.01. The van der Waals surface area contributed by atoms with Gasteiger partial charge in [0.15, 0.2) is 0 Å². The Morgan fingerprint density at radius 3 is 2.02 bits per heavy atom. The van der Waals surface area contributed by atoms with E-state index in [0.717, 1.165) is 22.3 Å². The largest absolute Gasteiger partial charge is 1.00 e. The van der Waals surface area contributed by atoms with Gasteiger partial charge in [-0.25, -0.2) is 4.42 Å². The van der Waals surface area contributed by atoms with Gasteiger partial charge >= 0.3 is 29.8 Å². The fourth-order valence-corrected chi connectivity index (χ4v) is 5.04. The average molecular weight is 675 g/mol. The molecular weight excluding hydrogens is 644 g/mol. The summed E-state index contributed by atoms with van der Waals surface area (Å²) in [6, 6.07) is 21.5. The zero-order chi connectivity index (χ0) is 33.7. The van der Waals surface area contributed by atoms with E-state index in [1.54, 1.807) is 48.5 Å². The van der Waals surface area contributed by atoms with Gasteiger partial charge in [-0.1, -0.05) is 24.3 Å². The normalized spacial score (nSPS) is 13.0. The number of esters is 3. The highest BCUT2D eigenvalue weighted by Crippen LogP contribution is 2.41. The van der Waals surface area contributed by atoms with Crippen LogP contribution < -0.4 is 31.4 Å². The second kappa shape index (κ2) is 15.2. The second-order valence-corrected chi connectivity index (χ2v) is 10.7. The van der Waals surface area contributed by atoms with Gasteiger partial charge in [0.2, 0.25) is 0 Å². The molecule has 1 unspecified atom stereocenters. The van der Waals surface area contributed by atoms with E-state index in [4.69, 9.17) is 23.4 Å². The van der Waals surface area contributed by atoms with Gasteiger partial charge in [-0.15, -0.1) is 0 Å². The first-order valence-corrected chi connectivity index (χ1v) is 14.5. The molecule has 11 nitrogen and oxygen atoms in total. The first kappa shape index (κ1) is 35.1. The third kappa shape index (κ3) is 8.71. The van der Waals surface area contributed by atoms with Crippen LogP contribution in [-0.2, 0) is 20.8 Å². The Balaban J connectivity index is 0.000000227. The zero-order valence-electron chi connectivity index (χ0n) is 26.1. The van der Waals surface area contributed by atoms with Crippen LogP contribution in [0.25, 0.3) is 22.1 Å².